The van der Waals surface area contributed by atoms with Crippen LogP contribution in [0.5, 0.6) is 5.75 Å². The predicted molar refractivity (Wildman–Crippen MR) is 173 cm³/mol. The van der Waals surface area contributed by atoms with Crippen molar-refractivity contribution in [1.29, 1.82) is 0 Å². The van der Waals surface area contributed by atoms with Crippen molar-refractivity contribution in [3.8, 4) is 18.1 Å². The molecule has 2 aromatic carbocycles. The van der Waals surface area contributed by atoms with E-state index in [1.54, 1.807) is 20.8 Å². The van der Waals surface area contributed by atoms with Crippen molar-refractivity contribution < 1.29 is 34.2 Å². The number of carbonyl (C=O) groups excluding carboxylic acids is 5. The van der Waals surface area contributed by atoms with E-state index in [1.807, 2.05) is 51.1 Å². The Morgan fingerprint density at radius 2 is 1.65 bits per heavy atom. The smallest absolute Gasteiger partial charge is 0.190 e. The summed E-state index contributed by atoms with van der Waals surface area (Å²) in [5.41, 5.74) is -1.14. The maximum absolute atomic E-state index is 14.6. The van der Waals surface area contributed by atoms with E-state index in [4.69, 9.17) is 6.42 Å². The van der Waals surface area contributed by atoms with Crippen LogP contribution in [-0.2, 0) is 38.4 Å². The predicted octanol–water partition coefficient (Wildman–Crippen LogP) is 5.37. The molecule has 0 aromatic heterocycles. The van der Waals surface area contributed by atoms with Crippen LogP contribution in [-0.4, -0.2) is 44.7 Å². The number of fused-ring (bicyclic) bond motifs is 3. The number of hydrogen-bond donors (Lipinski definition) is 2. The van der Waals surface area contributed by atoms with Crippen molar-refractivity contribution in [3.05, 3.63) is 63.7 Å². The van der Waals surface area contributed by atoms with Crippen molar-refractivity contribution >= 4 is 28.9 Å². The molecule has 3 aliphatic carbocycles. The van der Waals surface area contributed by atoms with Crippen LogP contribution in [0.1, 0.15) is 105 Å². The largest absolute Gasteiger partial charge is 0.507 e. The molecule has 2 aromatic rings. The fourth-order valence-corrected chi connectivity index (χ4v) is 9.25. The first-order valence-corrected chi connectivity index (χ1v) is 16.3. The van der Waals surface area contributed by atoms with Gasteiger partial charge in [-0.3, -0.25) is 24.0 Å². The van der Waals surface area contributed by atoms with Crippen LogP contribution in [0, 0.1) is 46.8 Å². The van der Waals surface area contributed by atoms with Gasteiger partial charge in [-0.1, -0.05) is 65.7 Å². The number of terminal acetylenes is 1. The summed E-state index contributed by atoms with van der Waals surface area (Å²) in [4.78, 5) is 69.3. The van der Waals surface area contributed by atoms with Gasteiger partial charge in [0.05, 0.1) is 11.5 Å². The molecule has 2 fully saturated rings. The summed E-state index contributed by atoms with van der Waals surface area (Å²) in [7, 11) is 0. The maximum Gasteiger partial charge on any atom is 0.190 e. The van der Waals surface area contributed by atoms with Gasteiger partial charge in [-0.15, -0.1) is 6.42 Å². The highest BCUT2D eigenvalue weighted by Crippen LogP contribution is 2.64. The van der Waals surface area contributed by atoms with E-state index in [0.717, 1.165) is 30.0 Å². The minimum Gasteiger partial charge on any atom is -0.507 e. The monoisotopic (exact) mass is 624 g/mol. The Morgan fingerprint density at radius 1 is 1.02 bits per heavy atom. The van der Waals surface area contributed by atoms with Crippen molar-refractivity contribution in [2.75, 3.05) is 0 Å². The zero-order chi connectivity index (χ0) is 34.1. The lowest BCUT2D eigenvalue weighted by molar-refractivity contribution is -0.205. The third-order valence-electron chi connectivity index (χ3n) is 11.1. The fraction of sp³-hybridized carbons (Fsp3) is 0.513. The van der Waals surface area contributed by atoms with Crippen LogP contribution in [0.3, 0.4) is 0 Å². The minimum absolute atomic E-state index is 0.00161. The minimum atomic E-state index is -2.70. The second-order valence-corrected chi connectivity index (χ2v) is 15.0. The number of benzene rings is 2. The van der Waals surface area contributed by atoms with Crippen LogP contribution < -0.4 is 0 Å². The van der Waals surface area contributed by atoms with Gasteiger partial charge >= 0.3 is 0 Å². The van der Waals surface area contributed by atoms with Crippen molar-refractivity contribution in [2.45, 2.75) is 92.1 Å². The number of hydrogen-bond acceptors (Lipinski definition) is 7. The first kappa shape index (κ1) is 33.5. The van der Waals surface area contributed by atoms with Crippen LogP contribution in [0.2, 0.25) is 0 Å². The Balaban J connectivity index is 1.60. The van der Waals surface area contributed by atoms with Gasteiger partial charge in [0.1, 0.15) is 17.5 Å². The summed E-state index contributed by atoms with van der Waals surface area (Å²) in [6.07, 6.45) is 7.67. The maximum atomic E-state index is 14.6. The third kappa shape index (κ3) is 4.71. The zero-order valence-electron chi connectivity index (χ0n) is 27.8. The van der Waals surface area contributed by atoms with Crippen molar-refractivity contribution in [3.63, 3.8) is 0 Å². The standard InChI is InChI=1S/C39H44O7/c1-9-23-13-15-24(16-14-23)11-10-12-25-17-26(20(2)3)27-18-37(7)19-38(8)30(21(4)5)33(42)28(22(6)40)35(44)39(38,46)36(45)31(37)34(43)29(27)32(25)41/h1,13-17,20-21,28,30-31,41,46H,10-12,18-19H2,2-8H3/t28?,30?,31?,37-,38-,39+/m1/s1. The summed E-state index contributed by atoms with van der Waals surface area (Å²) in [5.74, 6) is -6.12. The van der Waals surface area contributed by atoms with Crippen molar-refractivity contribution in [1.82, 2.24) is 0 Å². The molecular formula is C39H44O7. The lowest BCUT2D eigenvalue weighted by Gasteiger charge is -2.62. The van der Waals surface area contributed by atoms with Crippen LogP contribution in [0.25, 0.3) is 0 Å². The van der Waals surface area contributed by atoms with Crippen molar-refractivity contribution in [2.24, 2.45) is 34.5 Å². The Bertz CT molecular complexity index is 1710. The van der Waals surface area contributed by atoms with Gasteiger partial charge in [0.25, 0.3) is 0 Å². The van der Waals surface area contributed by atoms with Gasteiger partial charge in [-0.05, 0) is 90.7 Å². The molecule has 0 radical (unpaired) electrons. The molecule has 3 unspecified atom stereocenters. The Hall–Kier alpha value is -3.89. The highest BCUT2D eigenvalue weighted by atomic mass is 16.3. The van der Waals surface area contributed by atoms with E-state index in [9.17, 15) is 34.2 Å². The number of aryl methyl sites for hydroxylation is 2. The van der Waals surface area contributed by atoms with Gasteiger partial charge in [0.15, 0.2) is 28.7 Å². The molecule has 0 heterocycles. The highest BCUT2D eigenvalue weighted by Gasteiger charge is 2.76. The SMILES string of the molecule is C#Cc1ccc(CCCc2cc(C(C)C)c3c(c2O)C(=O)C2C(=O)[C@@]4(O)C(=O)C(C(C)=O)C(=O)C(C(C)C)[C@@]4(C)C[C@@]2(C)C3)cc1. The molecule has 7 nitrogen and oxygen atoms in total. The van der Waals surface area contributed by atoms with Gasteiger partial charge in [0.2, 0.25) is 0 Å². The molecule has 0 spiro atoms. The van der Waals surface area contributed by atoms with Crippen LogP contribution in [0.15, 0.2) is 30.3 Å². The number of phenols is 1. The summed E-state index contributed by atoms with van der Waals surface area (Å²) >= 11 is 0. The Morgan fingerprint density at radius 3 is 2.20 bits per heavy atom. The third-order valence-corrected chi connectivity index (χ3v) is 11.1. The van der Waals surface area contributed by atoms with E-state index in [0.29, 0.717) is 24.0 Å². The molecule has 7 heteroatoms. The molecule has 2 saturated carbocycles. The molecule has 2 N–H and O–H groups in total. The average Bonchev–Trinajstić information content (AvgIpc) is 2.95. The number of aromatic hydroxyl groups is 1. The van der Waals surface area contributed by atoms with Crippen LogP contribution >= 0.6 is 0 Å². The van der Waals surface area contributed by atoms with E-state index in [-0.39, 0.29) is 36.0 Å². The molecule has 0 saturated heterocycles. The lowest BCUT2D eigenvalue weighted by atomic mass is 9.39. The molecule has 0 bridgehead atoms. The van der Waals surface area contributed by atoms with Gasteiger partial charge in [-0.2, -0.15) is 0 Å². The summed E-state index contributed by atoms with van der Waals surface area (Å²) < 4.78 is 0. The lowest BCUT2D eigenvalue weighted by Crippen LogP contribution is -2.76. The summed E-state index contributed by atoms with van der Waals surface area (Å²) in [6.45, 7) is 12.1. The number of phenolic OH excluding ortho intramolecular Hbond substituents is 1. The normalized spacial score (nSPS) is 30.6. The second-order valence-electron chi connectivity index (χ2n) is 15.0. The highest BCUT2D eigenvalue weighted by molar-refractivity contribution is 6.32. The molecule has 0 aliphatic heterocycles. The number of rotatable bonds is 7. The topological polar surface area (TPSA) is 126 Å². The van der Waals surface area contributed by atoms with Gasteiger partial charge in [-0.25, -0.2) is 0 Å². The number of Topliss-reactive ketones (excluding diaryl/α,β-unsaturated/α-hetero) is 5. The van der Waals surface area contributed by atoms with E-state index < -0.39 is 63.1 Å². The molecule has 3 aliphatic rings. The van der Waals surface area contributed by atoms with E-state index in [2.05, 4.69) is 5.92 Å². The second kappa shape index (κ2) is 11.4. The average molecular weight is 625 g/mol. The summed E-state index contributed by atoms with van der Waals surface area (Å²) in [6, 6.07) is 9.67. The molecule has 46 heavy (non-hydrogen) atoms. The number of aliphatic hydroxyl groups is 1. The Labute approximate surface area is 271 Å². The molecule has 242 valence electrons. The first-order chi connectivity index (χ1) is 21.4. The fourth-order valence-electron chi connectivity index (χ4n) is 9.25. The first-order valence-electron chi connectivity index (χ1n) is 16.3. The molecule has 5 rings (SSSR count). The van der Waals surface area contributed by atoms with E-state index >= 15 is 0 Å². The number of ketones is 5. The zero-order valence-corrected chi connectivity index (χ0v) is 27.8. The van der Waals surface area contributed by atoms with Crippen LogP contribution in [0.4, 0.5) is 0 Å². The quantitative estimate of drug-likeness (QED) is 0.313. The number of carbonyl (C=O) groups is 5. The molecule has 0 amide bonds. The Kier molecular flexibility index (Phi) is 8.31. The van der Waals surface area contributed by atoms with E-state index in [1.165, 1.54) is 0 Å². The molecule has 6 atom stereocenters. The van der Waals surface area contributed by atoms with Gasteiger partial charge < -0.3 is 10.2 Å². The van der Waals surface area contributed by atoms with Gasteiger partial charge in [0, 0.05) is 16.9 Å². The summed E-state index contributed by atoms with van der Waals surface area (Å²) in [5, 5.41) is 23.9. The molecular weight excluding hydrogens is 580 g/mol.